The Labute approximate surface area is 148 Å². The summed E-state index contributed by atoms with van der Waals surface area (Å²) in [5.74, 6) is -0.514. The second-order valence-electron chi connectivity index (χ2n) is 7.44. The van der Waals surface area contributed by atoms with Crippen LogP contribution in [0.1, 0.15) is 36.7 Å². The monoisotopic (exact) mass is 337 g/mol. The molecule has 0 aliphatic carbocycles. The van der Waals surface area contributed by atoms with E-state index in [-0.39, 0.29) is 17.3 Å². The minimum Gasteiger partial charge on any atom is -0.439 e. The molecular formula is C21H23NO3. The summed E-state index contributed by atoms with van der Waals surface area (Å²) in [7, 11) is 0. The third-order valence-electron chi connectivity index (χ3n) is 4.36. The zero-order valence-corrected chi connectivity index (χ0v) is 14.8. The van der Waals surface area contributed by atoms with E-state index >= 15 is 0 Å². The number of nitrogens with zero attached hydrogens (tertiary/aromatic N) is 1. The van der Waals surface area contributed by atoms with E-state index in [9.17, 15) is 9.59 Å². The molecule has 130 valence electrons. The van der Waals surface area contributed by atoms with Crippen LogP contribution in [-0.2, 0) is 16.0 Å². The molecule has 2 aromatic rings. The summed E-state index contributed by atoms with van der Waals surface area (Å²) >= 11 is 0. The number of cyclic esters (lactones) is 1. The molecule has 0 spiro atoms. The molecule has 0 aromatic heterocycles. The van der Waals surface area contributed by atoms with E-state index in [1.165, 1.54) is 0 Å². The fourth-order valence-corrected chi connectivity index (χ4v) is 3.11. The molecule has 1 aliphatic rings. The Kier molecular flexibility index (Phi) is 4.62. The van der Waals surface area contributed by atoms with Gasteiger partial charge < -0.3 is 4.74 Å². The van der Waals surface area contributed by atoms with Crippen LogP contribution in [0, 0.1) is 5.41 Å². The zero-order valence-electron chi connectivity index (χ0n) is 14.8. The highest BCUT2D eigenvalue weighted by Gasteiger charge is 2.49. The summed E-state index contributed by atoms with van der Waals surface area (Å²) < 4.78 is 5.63. The third-order valence-corrected chi connectivity index (χ3v) is 4.36. The predicted octanol–water partition coefficient (Wildman–Crippen LogP) is 3.67. The molecule has 2 atom stereocenters. The minimum atomic E-state index is -0.612. The first kappa shape index (κ1) is 17.2. The highest BCUT2D eigenvalue weighted by molar-refractivity contribution is 5.98. The maximum atomic E-state index is 13.1. The maximum Gasteiger partial charge on any atom is 0.331 e. The van der Waals surface area contributed by atoms with E-state index < -0.39 is 12.3 Å². The van der Waals surface area contributed by atoms with Crippen molar-refractivity contribution in [3.63, 3.8) is 0 Å². The van der Waals surface area contributed by atoms with Crippen molar-refractivity contribution >= 4 is 11.9 Å². The molecule has 0 radical (unpaired) electrons. The molecule has 0 bridgehead atoms. The summed E-state index contributed by atoms with van der Waals surface area (Å²) in [6, 6.07) is 18.2. The Morgan fingerprint density at radius 3 is 2.12 bits per heavy atom. The highest BCUT2D eigenvalue weighted by atomic mass is 16.6. The Morgan fingerprint density at radius 1 is 1.00 bits per heavy atom. The maximum absolute atomic E-state index is 13.1. The van der Waals surface area contributed by atoms with Gasteiger partial charge in [-0.3, -0.25) is 9.69 Å². The van der Waals surface area contributed by atoms with Crippen molar-refractivity contribution in [2.24, 2.45) is 5.41 Å². The molecule has 1 amide bonds. The molecule has 0 unspecified atom stereocenters. The molecule has 1 saturated heterocycles. The van der Waals surface area contributed by atoms with E-state index in [0.717, 1.165) is 5.56 Å². The lowest BCUT2D eigenvalue weighted by molar-refractivity contribution is -0.147. The van der Waals surface area contributed by atoms with Gasteiger partial charge in [-0.25, -0.2) is 4.79 Å². The summed E-state index contributed by atoms with van der Waals surface area (Å²) in [4.78, 5) is 27.3. The first-order valence-electron chi connectivity index (χ1n) is 8.50. The second kappa shape index (κ2) is 6.71. The van der Waals surface area contributed by atoms with Crippen molar-refractivity contribution in [2.75, 3.05) is 0 Å². The lowest BCUT2D eigenvalue weighted by Crippen LogP contribution is -2.48. The van der Waals surface area contributed by atoms with Gasteiger partial charge in [-0.1, -0.05) is 69.3 Å². The SMILES string of the molecule is CC(C)(C)[C@H]1OC(=O)[C@@H](Cc2ccccc2)N1C(=O)c1ccccc1. The normalized spacial score (nSPS) is 20.4. The van der Waals surface area contributed by atoms with Gasteiger partial charge in [0.15, 0.2) is 6.23 Å². The molecule has 0 saturated carbocycles. The van der Waals surface area contributed by atoms with Crippen molar-refractivity contribution in [1.82, 2.24) is 4.90 Å². The van der Waals surface area contributed by atoms with E-state index in [0.29, 0.717) is 12.0 Å². The molecule has 1 fully saturated rings. The Balaban J connectivity index is 1.96. The first-order valence-corrected chi connectivity index (χ1v) is 8.50. The van der Waals surface area contributed by atoms with Gasteiger partial charge in [-0.05, 0) is 17.7 Å². The Bertz CT molecular complexity index is 750. The number of hydrogen-bond donors (Lipinski definition) is 0. The number of benzene rings is 2. The van der Waals surface area contributed by atoms with Crippen molar-refractivity contribution in [1.29, 1.82) is 0 Å². The van der Waals surface area contributed by atoms with Crippen LogP contribution in [0.15, 0.2) is 60.7 Å². The van der Waals surface area contributed by atoms with Gasteiger partial charge in [0.2, 0.25) is 0 Å². The Morgan fingerprint density at radius 2 is 1.56 bits per heavy atom. The molecule has 4 nitrogen and oxygen atoms in total. The fourth-order valence-electron chi connectivity index (χ4n) is 3.11. The van der Waals surface area contributed by atoms with Gasteiger partial charge in [0.25, 0.3) is 5.91 Å². The number of rotatable bonds is 3. The summed E-state index contributed by atoms with van der Waals surface area (Å²) in [6.07, 6.45) is -0.133. The number of carbonyl (C=O) groups excluding carboxylic acids is 2. The summed E-state index contributed by atoms with van der Waals surface area (Å²) in [5, 5.41) is 0. The number of hydrogen-bond acceptors (Lipinski definition) is 3. The fraction of sp³-hybridized carbons (Fsp3) is 0.333. The molecule has 0 N–H and O–H groups in total. The topological polar surface area (TPSA) is 46.6 Å². The van der Waals surface area contributed by atoms with Crippen LogP contribution in [0.4, 0.5) is 0 Å². The van der Waals surface area contributed by atoms with Crippen LogP contribution < -0.4 is 0 Å². The van der Waals surface area contributed by atoms with Gasteiger partial charge in [0.05, 0.1) is 0 Å². The third kappa shape index (κ3) is 3.58. The quantitative estimate of drug-likeness (QED) is 0.803. The lowest BCUT2D eigenvalue weighted by atomic mass is 9.92. The molecule has 1 heterocycles. The number of ether oxygens (including phenoxy) is 1. The van der Waals surface area contributed by atoms with Gasteiger partial charge in [0.1, 0.15) is 6.04 Å². The lowest BCUT2D eigenvalue weighted by Gasteiger charge is -2.34. The average Bonchev–Trinajstić information content (AvgIpc) is 2.93. The van der Waals surface area contributed by atoms with Crippen LogP contribution in [0.3, 0.4) is 0 Å². The van der Waals surface area contributed by atoms with Crippen LogP contribution in [0.2, 0.25) is 0 Å². The van der Waals surface area contributed by atoms with Gasteiger partial charge in [-0.15, -0.1) is 0 Å². The molecule has 2 aromatic carbocycles. The van der Waals surface area contributed by atoms with Crippen LogP contribution in [-0.4, -0.2) is 29.0 Å². The average molecular weight is 337 g/mol. The second-order valence-corrected chi connectivity index (χ2v) is 7.44. The van der Waals surface area contributed by atoms with Gasteiger partial charge >= 0.3 is 5.97 Å². The van der Waals surface area contributed by atoms with Crippen molar-refractivity contribution in [2.45, 2.75) is 39.5 Å². The molecule has 3 rings (SSSR count). The highest BCUT2D eigenvalue weighted by Crippen LogP contribution is 2.34. The molecule has 25 heavy (non-hydrogen) atoms. The largest absolute Gasteiger partial charge is 0.439 e. The molecule has 1 aliphatic heterocycles. The van der Waals surface area contributed by atoms with E-state index in [1.807, 2.05) is 69.3 Å². The van der Waals surface area contributed by atoms with E-state index in [1.54, 1.807) is 17.0 Å². The van der Waals surface area contributed by atoms with Gasteiger partial charge in [-0.2, -0.15) is 0 Å². The number of esters is 1. The van der Waals surface area contributed by atoms with Crippen molar-refractivity contribution in [3.8, 4) is 0 Å². The van der Waals surface area contributed by atoms with Crippen LogP contribution in [0.5, 0.6) is 0 Å². The predicted molar refractivity (Wildman–Crippen MR) is 95.9 cm³/mol. The van der Waals surface area contributed by atoms with Crippen molar-refractivity contribution < 1.29 is 14.3 Å². The summed E-state index contributed by atoms with van der Waals surface area (Å²) in [6.45, 7) is 5.92. The number of carbonyl (C=O) groups is 2. The minimum absolute atomic E-state index is 0.174. The van der Waals surface area contributed by atoms with Crippen LogP contribution in [0.25, 0.3) is 0 Å². The smallest absolute Gasteiger partial charge is 0.331 e. The standard InChI is InChI=1S/C21H23NO3/c1-21(2,3)20-22(18(23)16-12-8-5-9-13-16)17(19(24)25-20)14-15-10-6-4-7-11-15/h4-13,17,20H,14H2,1-3H3/t17-,20-/m1/s1. The van der Waals surface area contributed by atoms with Gasteiger partial charge in [0, 0.05) is 17.4 Å². The zero-order chi connectivity index (χ0) is 18.0. The Hall–Kier alpha value is -2.62. The molecule has 4 heteroatoms. The number of amides is 1. The summed E-state index contributed by atoms with van der Waals surface area (Å²) in [5.41, 5.74) is 1.20. The molecular weight excluding hydrogens is 314 g/mol. The first-order chi connectivity index (χ1) is 11.9. The van der Waals surface area contributed by atoms with E-state index in [4.69, 9.17) is 4.74 Å². The van der Waals surface area contributed by atoms with E-state index in [2.05, 4.69) is 0 Å². The van der Waals surface area contributed by atoms with Crippen molar-refractivity contribution in [3.05, 3.63) is 71.8 Å². The van der Waals surface area contributed by atoms with Crippen LogP contribution >= 0.6 is 0 Å².